The first kappa shape index (κ1) is 15.7. The number of aliphatic hydroxyl groups is 1. The van der Waals surface area contributed by atoms with Gasteiger partial charge in [-0.15, -0.1) is 0 Å². The first-order chi connectivity index (χ1) is 14.2. The Kier molecular flexibility index (Phi) is 3.74. The number of fused-ring (bicyclic) bond motifs is 2. The number of benzene rings is 1. The number of aliphatic carboxylic acids is 1. The number of carbonyl (C=O) groups excluding carboxylic acids is 2. The van der Waals surface area contributed by atoms with Crippen LogP contribution >= 0.6 is 0 Å². The fraction of sp³-hybridized carbons (Fsp3) is 0.286. The second-order valence-corrected chi connectivity index (χ2v) is 6.98. The number of carbonyl (C=O) groups is 3. The number of allylic oxidation sites excluding steroid dienone is 1. The van der Waals surface area contributed by atoms with Crippen LogP contribution in [-0.4, -0.2) is 38.9 Å². The molecule has 1 fully saturated rings. The molecule has 1 aromatic heterocycles. The number of aliphatic hydroxyl groups excluding tert-OH is 1. The molecule has 7 nitrogen and oxygen atoms in total. The van der Waals surface area contributed by atoms with Gasteiger partial charge in [0.15, 0.2) is 0 Å². The molecule has 2 aliphatic rings. The van der Waals surface area contributed by atoms with Crippen LogP contribution < -0.4 is 5.32 Å². The molecule has 0 saturated heterocycles. The maximum atomic E-state index is 13.1. The van der Waals surface area contributed by atoms with Gasteiger partial charge in [-0.3, -0.25) is 14.4 Å². The van der Waals surface area contributed by atoms with Crippen molar-refractivity contribution >= 4 is 17.7 Å². The van der Waals surface area contributed by atoms with E-state index >= 15 is 0 Å². The number of amides is 1. The number of ketones is 1. The molecule has 1 saturated carbocycles. The van der Waals surface area contributed by atoms with E-state index in [0.717, 1.165) is 24.1 Å². The standard InChI is InChI=1S/C21H20N2O5/c24-16(25)12-22-20(28)17-18(26)15-9-8-14(13-6-2-1-3-7-13)23(15)21(19(17)27)10-4-5-11-21/h1-3,6-9,27H,4-5,10-12H2,(H,22,28)(H,24,25)/i12D2. The van der Waals surface area contributed by atoms with Gasteiger partial charge in [-0.2, -0.15) is 0 Å². The molecule has 28 heavy (non-hydrogen) atoms. The first-order valence-electron chi connectivity index (χ1n) is 10.0. The van der Waals surface area contributed by atoms with Crippen LogP contribution in [-0.2, 0) is 15.1 Å². The molecule has 2 aromatic rings. The first-order valence-corrected chi connectivity index (χ1v) is 9.01. The Morgan fingerprint density at radius 3 is 2.39 bits per heavy atom. The summed E-state index contributed by atoms with van der Waals surface area (Å²) in [6, 6.07) is 12.7. The minimum Gasteiger partial charge on any atom is -0.509 e. The molecule has 1 aliphatic heterocycles. The van der Waals surface area contributed by atoms with Gasteiger partial charge in [-0.05, 0) is 30.5 Å². The van der Waals surface area contributed by atoms with Crippen LogP contribution in [0.15, 0.2) is 53.8 Å². The second kappa shape index (κ2) is 6.67. The van der Waals surface area contributed by atoms with Crippen LogP contribution in [0, 0.1) is 0 Å². The van der Waals surface area contributed by atoms with Gasteiger partial charge in [-0.1, -0.05) is 43.2 Å². The summed E-state index contributed by atoms with van der Waals surface area (Å²) in [5, 5.41) is 21.8. The molecule has 1 spiro atoms. The zero-order valence-electron chi connectivity index (χ0n) is 16.9. The summed E-state index contributed by atoms with van der Waals surface area (Å²) in [5.41, 5.74) is 0.167. The average molecular weight is 382 g/mol. The van der Waals surface area contributed by atoms with Crippen molar-refractivity contribution in [1.29, 1.82) is 0 Å². The smallest absolute Gasteiger partial charge is 0.322 e. The lowest BCUT2D eigenvalue weighted by molar-refractivity contribution is -0.137. The largest absolute Gasteiger partial charge is 0.509 e. The summed E-state index contributed by atoms with van der Waals surface area (Å²) in [4.78, 5) is 36.9. The molecule has 1 aromatic carbocycles. The Morgan fingerprint density at radius 1 is 1.11 bits per heavy atom. The zero-order valence-corrected chi connectivity index (χ0v) is 14.9. The number of nitrogens with zero attached hydrogens (tertiary/aromatic N) is 1. The van der Waals surface area contributed by atoms with Crippen molar-refractivity contribution in [2.24, 2.45) is 0 Å². The van der Waals surface area contributed by atoms with Crippen LogP contribution in [0.2, 0.25) is 0 Å². The highest BCUT2D eigenvalue weighted by Gasteiger charge is 2.50. The van der Waals surface area contributed by atoms with Crippen molar-refractivity contribution in [3.63, 3.8) is 0 Å². The van der Waals surface area contributed by atoms with E-state index in [1.807, 2.05) is 30.3 Å². The number of Topliss-reactive ketones (excluding diaryl/α,β-unsaturated/α-hetero) is 1. The van der Waals surface area contributed by atoms with E-state index in [-0.39, 0.29) is 5.69 Å². The molecule has 3 N–H and O–H groups in total. The maximum absolute atomic E-state index is 13.1. The average Bonchev–Trinajstić information content (AvgIpc) is 3.35. The summed E-state index contributed by atoms with van der Waals surface area (Å²) in [7, 11) is 0. The molecular weight excluding hydrogens is 360 g/mol. The summed E-state index contributed by atoms with van der Waals surface area (Å²) in [6.45, 7) is -3.08. The number of hydrogen-bond acceptors (Lipinski definition) is 4. The third-order valence-corrected chi connectivity index (χ3v) is 5.46. The molecule has 0 radical (unpaired) electrons. The summed E-state index contributed by atoms with van der Waals surface area (Å²) in [5.74, 6) is -4.36. The third-order valence-electron chi connectivity index (χ3n) is 5.46. The SMILES string of the molecule is [2H]C([2H])(NC(=O)C1=C(O)C2(CCCC2)n2c(ccc2-c2ccccc2)C1=O)C(=O)O. The number of nitrogens with one attached hydrogen (secondary N) is 1. The van der Waals surface area contributed by atoms with Crippen molar-refractivity contribution in [3.8, 4) is 11.3 Å². The van der Waals surface area contributed by atoms with E-state index in [4.69, 9.17) is 7.85 Å². The fourth-order valence-corrected chi connectivity index (χ4v) is 4.29. The quantitative estimate of drug-likeness (QED) is 0.705. The number of carboxylic acid groups (broad SMARTS) is 1. The Labute approximate surface area is 164 Å². The molecule has 2 heterocycles. The molecule has 144 valence electrons. The highest BCUT2D eigenvalue weighted by molar-refractivity contribution is 6.26. The Balaban J connectivity index is 1.87. The predicted molar refractivity (Wildman–Crippen MR) is 101 cm³/mol. The van der Waals surface area contributed by atoms with E-state index in [0.29, 0.717) is 12.8 Å². The van der Waals surface area contributed by atoms with E-state index < -0.39 is 41.0 Å². The highest BCUT2D eigenvalue weighted by atomic mass is 16.4. The molecule has 1 aliphatic carbocycles. The topological polar surface area (TPSA) is 109 Å². The van der Waals surface area contributed by atoms with Gasteiger partial charge < -0.3 is 20.1 Å². The zero-order chi connectivity index (χ0) is 21.7. The van der Waals surface area contributed by atoms with E-state index in [1.165, 1.54) is 0 Å². The van der Waals surface area contributed by atoms with Crippen molar-refractivity contribution in [1.82, 2.24) is 9.88 Å². The summed E-state index contributed by atoms with van der Waals surface area (Å²) < 4.78 is 16.7. The normalized spacial score (nSPS) is 19.2. The molecule has 1 amide bonds. The number of rotatable bonds is 4. The van der Waals surface area contributed by atoms with Crippen LogP contribution in [0.1, 0.15) is 38.9 Å². The lowest BCUT2D eigenvalue weighted by Gasteiger charge is -2.38. The second-order valence-electron chi connectivity index (χ2n) is 6.98. The molecule has 4 rings (SSSR count). The number of carboxylic acids is 1. The predicted octanol–water partition coefficient (Wildman–Crippen LogP) is 2.63. The maximum Gasteiger partial charge on any atom is 0.322 e. The minimum absolute atomic E-state index is 0.203. The highest BCUT2D eigenvalue weighted by Crippen LogP contribution is 2.49. The summed E-state index contributed by atoms with van der Waals surface area (Å²) in [6.07, 6.45) is 2.54. The van der Waals surface area contributed by atoms with Gasteiger partial charge in [0.05, 0.1) is 8.44 Å². The van der Waals surface area contributed by atoms with Gasteiger partial charge in [0, 0.05) is 5.69 Å². The Hall–Kier alpha value is -3.35. The lowest BCUT2D eigenvalue weighted by atomic mass is 9.84. The molecule has 0 bridgehead atoms. The van der Waals surface area contributed by atoms with E-state index in [9.17, 15) is 19.5 Å². The van der Waals surface area contributed by atoms with E-state index in [1.54, 1.807) is 22.0 Å². The number of hydrogen-bond donors (Lipinski definition) is 3. The Morgan fingerprint density at radius 2 is 1.75 bits per heavy atom. The van der Waals surface area contributed by atoms with Crippen LogP contribution in [0.4, 0.5) is 0 Å². The minimum atomic E-state index is -3.08. The van der Waals surface area contributed by atoms with E-state index in [2.05, 4.69) is 0 Å². The van der Waals surface area contributed by atoms with Crippen molar-refractivity contribution in [2.75, 3.05) is 6.50 Å². The van der Waals surface area contributed by atoms with Crippen LogP contribution in [0.5, 0.6) is 0 Å². The van der Waals surface area contributed by atoms with Crippen molar-refractivity contribution in [3.05, 3.63) is 59.5 Å². The van der Waals surface area contributed by atoms with Gasteiger partial charge >= 0.3 is 5.97 Å². The van der Waals surface area contributed by atoms with Crippen LogP contribution in [0.25, 0.3) is 11.3 Å². The molecular formula is C21H20N2O5. The monoisotopic (exact) mass is 382 g/mol. The van der Waals surface area contributed by atoms with Gasteiger partial charge in [0.2, 0.25) is 5.78 Å². The van der Waals surface area contributed by atoms with Crippen molar-refractivity contribution < 1.29 is 27.3 Å². The lowest BCUT2D eigenvalue weighted by Crippen LogP contribution is -2.44. The van der Waals surface area contributed by atoms with Crippen LogP contribution in [0.3, 0.4) is 0 Å². The molecule has 0 unspecified atom stereocenters. The van der Waals surface area contributed by atoms with Gasteiger partial charge in [0.25, 0.3) is 5.91 Å². The molecule has 7 heteroatoms. The summed E-state index contributed by atoms with van der Waals surface area (Å²) >= 11 is 0. The van der Waals surface area contributed by atoms with Gasteiger partial charge in [0.1, 0.15) is 23.4 Å². The molecule has 0 atom stereocenters. The third kappa shape index (κ3) is 2.62. The fourth-order valence-electron chi connectivity index (χ4n) is 4.29. The number of aromatic nitrogens is 1. The van der Waals surface area contributed by atoms with Crippen molar-refractivity contribution in [2.45, 2.75) is 31.2 Å². The van der Waals surface area contributed by atoms with Gasteiger partial charge in [-0.25, -0.2) is 0 Å². The Bertz CT molecular complexity index is 1080.